The summed E-state index contributed by atoms with van der Waals surface area (Å²) in [5.74, 6) is 0.707. The molecule has 0 heterocycles. The monoisotopic (exact) mass is 297 g/mol. The fourth-order valence-electron chi connectivity index (χ4n) is 1.80. The molecule has 1 rings (SSSR count). The predicted octanol–water partition coefficient (Wildman–Crippen LogP) is 2.89. The molecule has 0 bridgehead atoms. The Hall–Kier alpha value is -1.20. The summed E-state index contributed by atoms with van der Waals surface area (Å²) in [4.78, 5) is 11.0. The summed E-state index contributed by atoms with van der Waals surface area (Å²) in [6, 6.07) is 6.72. The van der Waals surface area contributed by atoms with E-state index in [1.807, 2.05) is 11.8 Å². The lowest BCUT2D eigenvalue weighted by molar-refractivity contribution is 0.0692. The molecule has 0 saturated carbocycles. The summed E-state index contributed by atoms with van der Waals surface area (Å²) in [6.07, 6.45) is 5.82. The zero-order chi connectivity index (χ0) is 14.6. The molecule has 0 aliphatic heterocycles. The van der Waals surface area contributed by atoms with E-state index in [1.54, 1.807) is 24.3 Å². The van der Waals surface area contributed by atoms with Crippen molar-refractivity contribution in [2.75, 3.05) is 31.7 Å². The molecule has 0 atom stereocenters. The van der Waals surface area contributed by atoms with Crippen molar-refractivity contribution < 1.29 is 14.6 Å². The summed E-state index contributed by atoms with van der Waals surface area (Å²) >= 11 is 1.89. The Morgan fingerprint density at radius 3 is 2.80 bits per heavy atom. The van der Waals surface area contributed by atoms with Crippen LogP contribution in [0.15, 0.2) is 24.3 Å². The molecule has 0 saturated heterocycles. The van der Waals surface area contributed by atoms with E-state index in [0.717, 1.165) is 13.1 Å². The maximum absolute atomic E-state index is 11.0. The first-order valence-electron chi connectivity index (χ1n) is 6.90. The van der Waals surface area contributed by atoms with E-state index in [1.165, 1.54) is 25.0 Å². The number of nitrogens with one attached hydrogen (secondary N) is 1. The van der Waals surface area contributed by atoms with E-state index in [4.69, 9.17) is 9.84 Å². The van der Waals surface area contributed by atoms with Crippen LogP contribution >= 0.6 is 11.8 Å². The highest BCUT2D eigenvalue weighted by Crippen LogP contribution is 2.17. The molecule has 20 heavy (non-hydrogen) atoms. The molecule has 0 aliphatic carbocycles. The van der Waals surface area contributed by atoms with Gasteiger partial charge in [-0.25, -0.2) is 4.79 Å². The number of carboxylic acid groups (broad SMARTS) is 1. The van der Waals surface area contributed by atoms with Crippen LogP contribution < -0.4 is 10.1 Å². The van der Waals surface area contributed by atoms with Gasteiger partial charge in [-0.1, -0.05) is 18.6 Å². The van der Waals surface area contributed by atoms with Gasteiger partial charge in [0.2, 0.25) is 0 Å². The molecule has 0 spiro atoms. The van der Waals surface area contributed by atoms with Crippen molar-refractivity contribution in [1.29, 1.82) is 0 Å². The number of unbranched alkanes of at least 4 members (excludes halogenated alkanes) is 2. The van der Waals surface area contributed by atoms with Crippen molar-refractivity contribution in [3.8, 4) is 5.75 Å². The molecule has 1 aromatic rings. The summed E-state index contributed by atoms with van der Waals surface area (Å²) in [7, 11) is 0. The molecule has 1 aromatic carbocycles. The number of thioether (sulfide) groups is 1. The van der Waals surface area contributed by atoms with Gasteiger partial charge < -0.3 is 15.2 Å². The Morgan fingerprint density at radius 2 is 2.05 bits per heavy atom. The second-order valence-corrected chi connectivity index (χ2v) is 5.44. The lowest BCUT2D eigenvalue weighted by Gasteiger charge is -2.09. The molecule has 5 heteroatoms. The maximum atomic E-state index is 11.0. The second kappa shape index (κ2) is 10.6. The molecule has 0 aliphatic rings. The third kappa shape index (κ3) is 6.82. The molecular formula is C15H23NO3S. The summed E-state index contributed by atoms with van der Waals surface area (Å²) in [6.45, 7) is 2.20. The smallest absolute Gasteiger partial charge is 0.339 e. The summed E-state index contributed by atoms with van der Waals surface area (Å²) in [5.41, 5.74) is 0.213. The Kier molecular flexibility index (Phi) is 8.91. The van der Waals surface area contributed by atoms with Crippen LogP contribution in [0, 0.1) is 0 Å². The van der Waals surface area contributed by atoms with Crippen LogP contribution in [-0.4, -0.2) is 42.8 Å². The maximum Gasteiger partial charge on any atom is 0.339 e. The van der Waals surface area contributed by atoms with E-state index in [0.29, 0.717) is 12.4 Å². The number of carboxylic acids is 1. The molecule has 0 fully saturated rings. The highest BCUT2D eigenvalue weighted by molar-refractivity contribution is 7.98. The number of para-hydroxylation sites is 1. The third-order valence-corrected chi connectivity index (χ3v) is 3.55. The Balaban J connectivity index is 2.11. The first-order valence-corrected chi connectivity index (χ1v) is 8.30. The van der Waals surface area contributed by atoms with Gasteiger partial charge in [-0.05, 0) is 43.5 Å². The number of aromatic carboxylic acids is 1. The molecular weight excluding hydrogens is 274 g/mol. The van der Waals surface area contributed by atoms with Crippen LogP contribution in [0.2, 0.25) is 0 Å². The molecule has 0 amide bonds. The van der Waals surface area contributed by atoms with Crippen LogP contribution in [0.3, 0.4) is 0 Å². The highest BCUT2D eigenvalue weighted by atomic mass is 32.2. The fraction of sp³-hybridized carbons (Fsp3) is 0.533. The average molecular weight is 297 g/mol. The van der Waals surface area contributed by atoms with Gasteiger partial charge in [-0.2, -0.15) is 11.8 Å². The number of ether oxygens (including phenoxy) is 1. The van der Waals surface area contributed by atoms with Gasteiger partial charge in [0.15, 0.2) is 0 Å². The fourth-order valence-corrected chi connectivity index (χ4v) is 2.29. The number of benzene rings is 1. The van der Waals surface area contributed by atoms with Crippen molar-refractivity contribution in [1.82, 2.24) is 5.32 Å². The average Bonchev–Trinajstić information content (AvgIpc) is 2.46. The predicted molar refractivity (Wildman–Crippen MR) is 84.0 cm³/mol. The van der Waals surface area contributed by atoms with Crippen molar-refractivity contribution >= 4 is 17.7 Å². The summed E-state index contributed by atoms with van der Waals surface area (Å²) in [5, 5.41) is 12.3. The van der Waals surface area contributed by atoms with Gasteiger partial charge >= 0.3 is 5.97 Å². The Labute approximate surface area is 124 Å². The number of carbonyl (C=O) groups is 1. The van der Waals surface area contributed by atoms with Gasteiger partial charge in [0.1, 0.15) is 17.9 Å². The minimum absolute atomic E-state index is 0.213. The van der Waals surface area contributed by atoms with Crippen LogP contribution in [-0.2, 0) is 0 Å². The molecule has 0 radical (unpaired) electrons. The molecule has 4 nitrogen and oxygen atoms in total. The normalized spacial score (nSPS) is 10.4. The standard InChI is InChI=1S/C15H23NO3S/c1-20-12-6-2-5-9-16-10-11-19-14-8-4-3-7-13(14)15(17)18/h3-4,7-8,16H,2,5-6,9-12H2,1H3,(H,17,18). The molecule has 112 valence electrons. The lowest BCUT2D eigenvalue weighted by Crippen LogP contribution is -2.22. The zero-order valence-electron chi connectivity index (χ0n) is 11.9. The van der Waals surface area contributed by atoms with E-state index in [9.17, 15) is 4.79 Å². The zero-order valence-corrected chi connectivity index (χ0v) is 12.7. The van der Waals surface area contributed by atoms with Crippen LogP contribution in [0.5, 0.6) is 5.75 Å². The van der Waals surface area contributed by atoms with E-state index < -0.39 is 5.97 Å². The van der Waals surface area contributed by atoms with Crippen LogP contribution in [0.4, 0.5) is 0 Å². The first kappa shape index (κ1) is 16.9. The Bertz CT molecular complexity index is 398. The van der Waals surface area contributed by atoms with E-state index in [2.05, 4.69) is 11.6 Å². The largest absolute Gasteiger partial charge is 0.491 e. The SMILES string of the molecule is CSCCCCCNCCOc1ccccc1C(=O)O. The van der Waals surface area contributed by atoms with Gasteiger partial charge in [-0.15, -0.1) is 0 Å². The number of hydrogen-bond acceptors (Lipinski definition) is 4. The van der Waals surface area contributed by atoms with Gasteiger partial charge in [-0.3, -0.25) is 0 Å². The second-order valence-electron chi connectivity index (χ2n) is 4.45. The van der Waals surface area contributed by atoms with Crippen molar-refractivity contribution in [3.05, 3.63) is 29.8 Å². The van der Waals surface area contributed by atoms with Gasteiger partial charge in [0.25, 0.3) is 0 Å². The quantitative estimate of drug-likeness (QED) is 0.615. The molecule has 0 unspecified atom stereocenters. The number of rotatable bonds is 11. The van der Waals surface area contributed by atoms with Gasteiger partial charge in [0, 0.05) is 6.54 Å². The summed E-state index contributed by atoms with van der Waals surface area (Å²) < 4.78 is 5.50. The van der Waals surface area contributed by atoms with Crippen LogP contribution in [0.25, 0.3) is 0 Å². The van der Waals surface area contributed by atoms with Gasteiger partial charge in [0.05, 0.1) is 0 Å². The highest BCUT2D eigenvalue weighted by Gasteiger charge is 2.09. The topological polar surface area (TPSA) is 58.6 Å². The van der Waals surface area contributed by atoms with Crippen molar-refractivity contribution in [2.45, 2.75) is 19.3 Å². The third-order valence-electron chi connectivity index (χ3n) is 2.86. The van der Waals surface area contributed by atoms with E-state index in [-0.39, 0.29) is 5.56 Å². The minimum atomic E-state index is -0.956. The van der Waals surface area contributed by atoms with Crippen LogP contribution in [0.1, 0.15) is 29.6 Å². The van der Waals surface area contributed by atoms with Crippen molar-refractivity contribution in [2.24, 2.45) is 0 Å². The van der Waals surface area contributed by atoms with Crippen molar-refractivity contribution in [3.63, 3.8) is 0 Å². The molecule has 0 aromatic heterocycles. The molecule has 2 N–H and O–H groups in total. The Morgan fingerprint density at radius 1 is 1.25 bits per heavy atom. The first-order chi connectivity index (χ1) is 9.75. The number of hydrogen-bond donors (Lipinski definition) is 2. The minimum Gasteiger partial charge on any atom is -0.491 e. The lowest BCUT2D eigenvalue weighted by atomic mass is 10.2. The van der Waals surface area contributed by atoms with E-state index >= 15 is 0 Å².